The summed E-state index contributed by atoms with van der Waals surface area (Å²) in [4.78, 5) is -0.145. The Bertz CT molecular complexity index is 610. The maximum Gasteiger partial charge on any atom is 0.402 e. The van der Waals surface area contributed by atoms with Crippen LogP contribution >= 0.6 is 0 Å². The molecule has 0 amide bonds. The molecule has 118 valence electrons. The summed E-state index contributed by atoms with van der Waals surface area (Å²) in [5.41, 5.74) is 6.26. The lowest BCUT2D eigenvalue weighted by Gasteiger charge is -2.23. The largest absolute Gasteiger partial charge is 0.402 e. The van der Waals surface area contributed by atoms with E-state index in [0.29, 0.717) is 22.7 Å². The number of benzene rings is 1. The van der Waals surface area contributed by atoms with Crippen molar-refractivity contribution >= 4 is 10.0 Å². The predicted octanol–water partition coefficient (Wildman–Crippen LogP) is 2.42. The number of rotatable bonds is 5. The minimum Gasteiger partial charge on any atom is -0.324 e. The summed E-state index contributed by atoms with van der Waals surface area (Å²) in [5.74, 6) is 0. The van der Waals surface area contributed by atoms with Gasteiger partial charge in [0.1, 0.15) is 6.54 Å². The molecule has 8 heteroatoms. The van der Waals surface area contributed by atoms with Gasteiger partial charge in [0.2, 0.25) is 10.0 Å². The van der Waals surface area contributed by atoms with Gasteiger partial charge in [-0.2, -0.15) is 17.5 Å². The van der Waals surface area contributed by atoms with E-state index in [2.05, 4.69) is 0 Å². The minimum atomic E-state index is -4.56. The zero-order valence-electron chi connectivity index (χ0n) is 11.5. The number of alkyl halides is 3. The SMILES string of the molecule is CC(N)c1cccc(S(=O)(=O)N(CC(F)(F)F)C2CC2)c1. The molecule has 0 aliphatic heterocycles. The molecule has 2 N–H and O–H groups in total. The van der Waals surface area contributed by atoms with E-state index in [0.717, 1.165) is 0 Å². The third kappa shape index (κ3) is 3.96. The summed E-state index contributed by atoms with van der Waals surface area (Å²) >= 11 is 0. The molecule has 1 aromatic carbocycles. The summed E-state index contributed by atoms with van der Waals surface area (Å²) in [6.07, 6.45) is -3.64. The average Bonchev–Trinajstić information content (AvgIpc) is 3.19. The second kappa shape index (κ2) is 5.58. The van der Waals surface area contributed by atoms with E-state index in [4.69, 9.17) is 5.73 Å². The molecule has 1 saturated carbocycles. The van der Waals surface area contributed by atoms with Gasteiger partial charge in [-0.1, -0.05) is 12.1 Å². The van der Waals surface area contributed by atoms with E-state index < -0.39 is 34.8 Å². The molecule has 1 aliphatic rings. The Morgan fingerprint density at radius 2 is 2.00 bits per heavy atom. The monoisotopic (exact) mass is 322 g/mol. The lowest BCUT2D eigenvalue weighted by molar-refractivity contribution is -0.137. The van der Waals surface area contributed by atoms with Crippen molar-refractivity contribution in [3.8, 4) is 0 Å². The van der Waals surface area contributed by atoms with Gasteiger partial charge in [-0.05, 0) is 37.5 Å². The molecule has 4 nitrogen and oxygen atoms in total. The molecule has 0 bridgehead atoms. The Labute approximate surface area is 121 Å². The third-order valence-electron chi connectivity index (χ3n) is 3.28. The number of nitrogens with two attached hydrogens (primary N) is 1. The summed E-state index contributed by atoms with van der Waals surface area (Å²) < 4.78 is 63.3. The van der Waals surface area contributed by atoms with Crippen LogP contribution in [0.5, 0.6) is 0 Å². The molecule has 1 aliphatic carbocycles. The van der Waals surface area contributed by atoms with Crippen molar-refractivity contribution in [3.63, 3.8) is 0 Å². The molecule has 21 heavy (non-hydrogen) atoms. The molecule has 0 heterocycles. The number of hydrogen-bond donors (Lipinski definition) is 1. The van der Waals surface area contributed by atoms with E-state index in [1.165, 1.54) is 18.2 Å². The summed E-state index contributed by atoms with van der Waals surface area (Å²) in [5, 5.41) is 0. The maximum atomic E-state index is 12.6. The lowest BCUT2D eigenvalue weighted by Crippen LogP contribution is -2.40. The number of halogens is 3. The summed E-state index contributed by atoms with van der Waals surface area (Å²) in [6.45, 7) is 0.225. The van der Waals surface area contributed by atoms with E-state index in [-0.39, 0.29) is 4.90 Å². The van der Waals surface area contributed by atoms with Crippen LogP contribution in [0, 0.1) is 0 Å². The Hall–Kier alpha value is -1.12. The van der Waals surface area contributed by atoms with Gasteiger partial charge >= 0.3 is 6.18 Å². The highest BCUT2D eigenvalue weighted by Crippen LogP contribution is 2.35. The fourth-order valence-electron chi connectivity index (χ4n) is 2.04. The maximum absolute atomic E-state index is 12.6. The zero-order valence-corrected chi connectivity index (χ0v) is 12.3. The Morgan fingerprint density at radius 1 is 1.38 bits per heavy atom. The number of sulfonamides is 1. The van der Waals surface area contributed by atoms with Gasteiger partial charge in [0, 0.05) is 12.1 Å². The van der Waals surface area contributed by atoms with Gasteiger partial charge < -0.3 is 5.73 Å². The van der Waals surface area contributed by atoms with E-state index in [1.54, 1.807) is 13.0 Å². The van der Waals surface area contributed by atoms with Crippen LogP contribution in [0.15, 0.2) is 29.2 Å². The first-order chi connectivity index (χ1) is 9.61. The van der Waals surface area contributed by atoms with E-state index in [9.17, 15) is 21.6 Å². The smallest absolute Gasteiger partial charge is 0.324 e. The second-order valence-corrected chi connectivity index (χ2v) is 7.15. The standard InChI is InChI=1S/C13H17F3N2O2S/c1-9(17)10-3-2-4-12(7-10)21(19,20)18(11-5-6-11)8-13(14,15)16/h2-4,7,9,11H,5-6,8,17H2,1H3. The molecule has 0 aromatic heterocycles. The molecule has 1 unspecified atom stereocenters. The first kappa shape index (κ1) is 16.3. The Balaban J connectivity index is 2.36. The van der Waals surface area contributed by atoms with E-state index >= 15 is 0 Å². The molecule has 0 saturated heterocycles. The average molecular weight is 322 g/mol. The van der Waals surface area contributed by atoms with Crippen LogP contribution in [0.1, 0.15) is 31.4 Å². The fourth-order valence-corrected chi connectivity index (χ4v) is 3.77. The molecule has 1 atom stereocenters. The van der Waals surface area contributed by atoms with Crippen LogP contribution in [0.4, 0.5) is 13.2 Å². The molecule has 2 rings (SSSR count). The predicted molar refractivity (Wildman–Crippen MR) is 72.0 cm³/mol. The van der Waals surface area contributed by atoms with Gasteiger partial charge in [-0.3, -0.25) is 0 Å². The second-order valence-electron chi connectivity index (χ2n) is 5.26. The summed E-state index contributed by atoms with van der Waals surface area (Å²) in [6, 6.07) is 4.82. The third-order valence-corrected chi connectivity index (χ3v) is 5.17. The van der Waals surface area contributed by atoms with E-state index in [1.807, 2.05) is 0 Å². The highest BCUT2D eigenvalue weighted by Gasteiger charge is 2.44. The van der Waals surface area contributed by atoms with Crippen LogP contribution in [-0.4, -0.2) is 31.5 Å². The molecular weight excluding hydrogens is 305 g/mol. The lowest BCUT2D eigenvalue weighted by atomic mass is 10.1. The van der Waals surface area contributed by atoms with Crippen molar-refractivity contribution in [1.82, 2.24) is 4.31 Å². The molecule has 0 radical (unpaired) electrons. The fraction of sp³-hybridized carbons (Fsp3) is 0.538. The van der Waals surface area contributed by atoms with Gasteiger partial charge in [-0.15, -0.1) is 0 Å². The Kier molecular flexibility index (Phi) is 4.32. The van der Waals surface area contributed by atoms with Crippen molar-refractivity contribution < 1.29 is 21.6 Å². The van der Waals surface area contributed by atoms with Crippen molar-refractivity contribution in [2.45, 2.75) is 42.9 Å². The highest BCUT2D eigenvalue weighted by atomic mass is 32.2. The minimum absolute atomic E-state index is 0.145. The quantitative estimate of drug-likeness (QED) is 0.905. The molecule has 1 aromatic rings. The molecule has 1 fully saturated rings. The van der Waals surface area contributed by atoms with Crippen LogP contribution < -0.4 is 5.73 Å². The van der Waals surface area contributed by atoms with Crippen LogP contribution in [0.2, 0.25) is 0 Å². The van der Waals surface area contributed by atoms with Crippen molar-refractivity contribution in [1.29, 1.82) is 0 Å². The topological polar surface area (TPSA) is 63.4 Å². The van der Waals surface area contributed by atoms with Gasteiger partial charge in [0.15, 0.2) is 0 Å². The van der Waals surface area contributed by atoms with Gasteiger partial charge in [0.25, 0.3) is 0 Å². The van der Waals surface area contributed by atoms with Crippen LogP contribution in [0.3, 0.4) is 0 Å². The van der Waals surface area contributed by atoms with Crippen LogP contribution in [-0.2, 0) is 10.0 Å². The zero-order chi connectivity index (χ0) is 15.8. The molecular formula is C13H17F3N2O2S. The number of nitrogens with zero attached hydrogens (tertiary/aromatic N) is 1. The number of hydrogen-bond acceptors (Lipinski definition) is 3. The summed E-state index contributed by atoms with van der Waals surface area (Å²) in [7, 11) is -4.17. The van der Waals surface area contributed by atoms with Crippen LogP contribution in [0.25, 0.3) is 0 Å². The van der Waals surface area contributed by atoms with Crippen molar-refractivity contribution in [2.75, 3.05) is 6.54 Å². The Morgan fingerprint density at radius 3 is 2.48 bits per heavy atom. The van der Waals surface area contributed by atoms with Crippen molar-refractivity contribution in [2.24, 2.45) is 5.73 Å². The highest BCUT2D eigenvalue weighted by molar-refractivity contribution is 7.89. The molecule has 0 spiro atoms. The normalized spacial score (nSPS) is 18.0. The van der Waals surface area contributed by atoms with Gasteiger partial charge in [-0.25, -0.2) is 8.42 Å². The first-order valence-corrected chi connectivity index (χ1v) is 7.99. The first-order valence-electron chi connectivity index (χ1n) is 6.55. The van der Waals surface area contributed by atoms with Gasteiger partial charge in [0.05, 0.1) is 4.90 Å². The van der Waals surface area contributed by atoms with Crippen molar-refractivity contribution in [3.05, 3.63) is 29.8 Å².